The zero-order valence-corrected chi connectivity index (χ0v) is 14.2. The van der Waals surface area contributed by atoms with E-state index in [0.29, 0.717) is 6.04 Å². The summed E-state index contributed by atoms with van der Waals surface area (Å²) in [4.78, 5) is 5.10. The molecule has 1 aliphatic rings. The van der Waals surface area contributed by atoms with E-state index in [-0.39, 0.29) is 0 Å². The summed E-state index contributed by atoms with van der Waals surface area (Å²) in [5.41, 5.74) is 4.20. The Morgan fingerprint density at radius 3 is 2.43 bits per heavy atom. The van der Waals surface area contributed by atoms with E-state index < -0.39 is 0 Å². The van der Waals surface area contributed by atoms with E-state index >= 15 is 0 Å². The van der Waals surface area contributed by atoms with Crippen LogP contribution in [0.1, 0.15) is 38.3 Å². The van der Waals surface area contributed by atoms with E-state index in [1.807, 2.05) is 0 Å². The molecule has 0 amide bonds. The van der Waals surface area contributed by atoms with Gasteiger partial charge >= 0.3 is 0 Å². The van der Waals surface area contributed by atoms with Gasteiger partial charge in [0.05, 0.1) is 0 Å². The van der Waals surface area contributed by atoms with Gasteiger partial charge < -0.3 is 10.2 Å². The van der Waals surface area contributed by atoms with Crippen LogP contribution < -0.4 is 10.2 Å². The molecule has 2 rings (SSSR count). The molecule has 118 valence electrons. The van der Waals surface area contributed by atoms with Crippen molar-refractivity contribution in [1.82, 2.24) is 10.2 Å². The quantitative estimate of drug-likeness (QED) is 0.868. The third-order valence-corrected chi connectivity index (χ3v) is 4.30. The minimum Gasteiger partial charge on any atom is -0.369 e. The van der Waals surface area contributed by atoms with Crippen LogP contribution in [-0.4, -0.2) is 43.7 Å². The number of nitrogens with zero attached hydrogens (tertiary/aromatic N) is 2. The summed E-state index contributed by atoms with van der Waals surface area (Å²) in [5, 5.41) is 3.50. The van der Waals surface area contributed by atoms with E-state index in [1.54, 1.807) is 0 Å². The third kappa shape index (κ3) is 4.72. The molecule has 0 bridgehead atoms. The highest BCUT2D eigenvalue weighted by atomic mass is 15.3. The van der Waals surface area contributed by atoms with Gasteiger partial charge in [-0.3, -0.25) is 4.90 Å². The molecule has 0 saturated carbocycles. The van der Waals surface area contributed by atoms with E-state index in [4.69, 9.17) is 0 Å². The molecule has 1 N–H and O–H groups in total. The average Bonchev–Trinajstić information content (AvgIpc) is 2.47. The third-order valence-electron chi connectivity index (χ3n) is 4.30. The van der Waals surface area contributed by atoms with Crippen molar-refractivity contribution in [3.63, 3.8) is 0 Å². The van der Waals surface area contributed by atoms with Gasteiger partial charge in [-0.25, -0.2) is 0 Å². The molecule has 1 aromatic rings. The maximum atomic E-state index is 3.50. The molecule has 1 aliphatic heterocycles. The Labute approximate surface area is 130 Å². The summed E-state index contributed by atoms with van der Waals surface area (Å²) in [6.45, 7) is 15.8. The number of aryl methyl sites for hydroxylation is 1. The lowest BCUT2D eigenvalue weighted by atomic mass is 10.1. The Balaban J connectivity index is 1.94. The summed E-state index contributed by atoms with van der Waals surface area (Å²) < 4.78 is 0. The molecule has 0 aromatic heterocycles. The molecule has 1 aromatic carbocycles. The van der Waals surface area contributed by atoms with Crippen molar-refractivity contribution in [2.24, 2.45) is 0 Å². The van der Waals surface area contributed by atoms with Crippen LogP contribution in [0.15, 0.2) is 18.2 Å². The summed E-state index contributed by atoms with van der Waals surface area (Å²) in [6, 6.07) is 7.47. The fourth-order valence-electron chi connectivity index (χ4n) is 2.94. The minimum atomic E-state index is 0.538. The number of hydrogen-bond acceptors (Lipinski definition) is 3. The monoisotopic (exact) mass is 289 g/mol. The van der Waals surface area contributed by atoms with Gasteiger partial charge in [0, 0.05) is 44.5 Å². The van der Waals surface area contributed by atoms with Crippen LogP contribution in [0.3, 0.4) is 0 Å². The minimum absolute atomic E-state index is 0.538. The molecule has 21 heavy (non-hydrogen) atoms. The van der Waals surface area contributed by atoms with Crippen LogP contribution in [-0.2, 0) is 6.54 Å². The van der Waals surface area contributed by atoms with Gasteiger partial charge in [0.15, 0.2) is 0 Å². The van der Waals surface area contributed by atoms with Crippen LogP contribution in [0.5, 0.6) is 0 Å². The molecule has 1 heterocycles. The van der Waals surface area contributed by atoms with E-state index in [0.717, 1.165) is 19.6 Å². The Morgan fingerprint density at radius 2 is 1.86 bits per heavy atom. The average molecular weight is 289 g/mol. The van der Waals surface area contributed by atoms with Crippen molar-refractivity contribution >= 4 is 5.69 Å². The van der Waals surface area contributed by atoms with Crippen molar-refractivity contribution in [2.75, 3.05) is 37.6 Å². The highest BCUT2D eigenvalue weighted by molar-refractivity contribution is 5.51. The first-order valence-corrected chi connectivity index (χ1v) is 8.40. The number of nitrogens with one attached hydrogen (secondary N) is 1. The highest BCUT2D eigenvalue weighted by Gasteiger charge is 2.16. The first-order valence-electron chi connectivity index (χ1n) is 8.40. The lowest BCUT2D eigenvalue weighted by molar-refractivity contribution is 0.258. The molecule has 3 nitrogen and oxygen atoms in total. The number of piperazine rings is 1. The second kappa shape index (κ2) is 7.81. The molecule has 0 spiro atoms. The van der Waals surface area contributed by atoms with E-state index in [9.17, 15) is 0 Å². The molecular formula is C18H31N3. The molecule has 0 atom stereocenters. The first-order chi connectivity index (χ1) is 10.1. The van der Waals surface area contributed by atoms with Crippen LogP contribution in [0.4, 0.5) is 5.69 Å². The smallest absolute Gasteiger partial charge is 0.0369 e. The predicted molar refractivity (Wildman–Crippen MR) is 92.1 cm³/mol. The predicted octanol–water partition coefficient (Wildman–Crippen LogP) is 3.03. The zero-order chi connectivity index (χ0) is 15.2. The van der Waals surface area contributed by atoms with E-state index in [2.05, 4.69) is 61.0 Å². The SMILES string of the molecule is CCCN1CCN(c2ccc(CNC(C)C)c(C)c2)CC1. The van der Waals surface area contributed by atoms with Crippen LogP contribution >= 0.6 is 0 Å². The first kappa shape index (κ1) is 16.3. The maximum absolute atomic E-state index is 3.50. The topological polar surface area (TPSA) is 18.5 Å². The summed E-state index contributed by atoms with van der Waals surface area (Å²) >= 11 is 0. The van der Waals surface area contributed by atoms with Gasteiger partial charge in [0.1, 0.15) is 0 Å². The Bertz CT molecular complexity index is 434. The largest absolute Gasteiger partial charge is 0.369 e. The summed E-state index contributed by atoms with van der Waals surface area (Å²) in [6.07, 6.45) is 1.26. The summed E-state index contributed by atoms with van der Waals surface area (Å²) in [7, 11) is 0. The lowest BCUT2D eigenvalue weighted by Crippen LogP contribution is -2.46. The summed E-state index contributed by atoms with van der Waals surface area (Å²) in [5.74, 6) is 0. The van der Waals surface area contributed by atoms with Gasteiger partial charge in [-0.15, -0.1) is 0 Å². The number of benzene rings is 1. The zero-order valence-electron chi connectivity index (χ0n) is 14.2. The number of hydrogen-bond donors (Lipinski definition) is 1. The lowest BCUT2D eigenvalue weighted by Gasteiger charge is -2.36. The van der Waals surface area contributed by atoms with Crippen molar-refractivity contribution in [3.8, 4) is 0 Å². The fourth-order valence-corrected chi connectivity index (χ4v) is 2.94. The molecule has 1 saturated heterocycles. The van der Waals surface area contributed by atoms with Gasteiger partial charge in [0.2, 0.25) is 0 Å². The molecular weight excluding hydrogens is 258 g/mol. The maximum Gasteiger partial charge on any atom is 0.0369 e. The molecule has 0 radical (unpaired) electrons. The number of rotatable bonds is 6. The number of anilines is 1. The Kier molecular flexibility index (Phi) is 6.07. The van der Waals surface area contributed by atoms with Gasteiger partial charge in [-0.05, 0) is 43.1 Å². The van der Waals surface area contributed by atoms with Crippen LogP contribution in [0, 0.1) is 6.92 Å². The van der Waals surface area contributed by atoms with Crippen LogP contribution in [0.25, 0.3) is 0 Å². The van der Waals surface area contributed by atoms with E-state index in [1.165, 1.54) is 42.9 Å². The van der Waals surface area contributed by atoms with Crippen molar-refractivity contribution < 1.29 is 0 Å². The Morgan fingerprint density at radius 1 is 1.14 bits per heavy atom. The van der Waals surface area contributed by atoms with Crippen molar-refractivity contribution in [1.29, 1.82) is 0 Å². The molecule has 0 aliphatic carbocycles. The Hall–Kier alpha value is -1.06. The molecule has 3 heteroatoms. The molecule has 0 unspecified atom stereocenters. The second-order valence-electron chi connectivity index (χ2n) is 6.48. The normalized spacial score (nSPS) is 16.7. The van der Waals surface area contributed by atoms with Gasteiger partial charge in [-0.1, -0.05) is 26.8 Å². The second-order valence-corrected chi connectivity index (χ2v) is 6.48. The van der Waals surface area contributed by atoms with Gasteiger partial charge in [0.25, 0.3) is 0 Å². The highest BCUT2D eigenvalue weighted by Crippen LogP contribution is 2.21. The molecule has 1 fully saturated rings. The van der Waals surface area contributed by atoms with Crippen molar-refractivity contribution in [2.45, 2.75) is 46.7 Å². The standard InChI is InChI=1S/C18H31N3/c1-5-8-20-9-11-21(12-10-20)18-7-6-17(16(4)13-18)14-19-15(2)3/h6-7,13,15,19H,5,8-12,14H2,1-4H3. The van der Waals surface area contributed by atoms with Gasteiger partial charge in [-0.2, -0.15) is 0 Å². The van der Waals surface area contributed by atoms with Crippen molar-refractivity contribution in [3.05, 3.63) is 29.3 Å². The van der Waals surface area contributed by atoms with Crippen LogP contribution in [0.2, 0.25) is 0 Å². The fraction of sp³-hybridized carbons (Fsp3) is 0.667.